The average molecular weight is 1280 g/mol. The molecular formula is C54H50Cl4F2N10O10S3. The maximum atomic E-state index is 13.2. The van der Waals surface area contributed by atoms with Crippen molar-refractivity contribution in [3.05, 3.63) is 187 Å². The van der Waals surface area contributed by atoms with E-state index < -0.39 is 52.5 Å². The van der Waals surface area contributed by atoms with Crippen LogP contribution in [-0.2, 0) is 56.5 Å². The monoisotopic (exact) mass is 1270 g/mol. The Kier molecular flexibility index (Phi) is 22.3. The molecule has 12 N–H and O–H groups in total. The minimum atomic E-state index is -4.90. The van der Waals surface area contributed by atoms with Crippen LogP contribution >= 0.6 is 46.4 Å². The molecule has 2 aromatic heterocycles. The molecule has 8 aromatic rings. The zero-order chi connectivity index (χ0) is 60.8. The molecule has 0 saturated carbocycles. The zero-order valence-corrected chi connectivity index (χ0v) is 48.6. The number of carbonyl (C=O) groups excluding carboxylic acids is 2. The predicted molar refractivity (Wildman–Crippen MR) is 318 cm³/mol. The number of aryl methyl sites for hydroxylation is 4. The fourth-order valence-corrected chi connectivity index (χ4v) is 9.74. The summed E-state index contributed by atoms with van der Waals surface area (Å²) in [4.78, 5) is 40.8. The molecule has 0 unspecified atom stereocenters. The molecule has 6 aromatic carbocycles. The highest BCUT2D eigenvalue weighted by molar-refractivity contribution is 7.86. The number of hydrogen-bond acceptors (Lipinski definition) is 16. The van der Waals surface area contributed by atoms with Crippen molar-refractivity contribution in [3.63, 3.8) is 0 Å². The molecule has 83 heavy (non-hydrogen) atoms. The molecule has 2 amide bonds. The summed E-state index contributed by atoms with van der Waals surface area (Å²) in [6.45, 7) is 0. The van der Waals surface area contributed by atoms with E-state index in [1.165, 1.54) is 24.3 Å². The lowest BCUT2D eigenvalue weighted by Crippen LogP contribution is -2.12. The van der Waals surface area contributed by atoms with Crippen LogP contribution in [-0.4, -0.2) is 66.1 Å². The van der Waals surface area contributed by atoms with Crippen LogP contribution in [0.2, 0.25) is 20.1 Å². The minimum Gasteiger partial charge on any atom is -0.383 e. The number of nitrogens with zero attached hydrogens (tertiary/aromatic N) is 4. The van der Waals surface area contributed by atoms with Gasteiger partial charge in [-0.1, -0.05) is 94.9 Å². The van der Waals surface area contributed by atoms with E-state index in [4.69, 9.17) is 86.9 Å². The normalized spacial score (nSPS) is 11.4. The van der Waals surface area contributed by atoms with Gasteiger partial charge in [0.2, 0.25) is 11.9 Å². The average Bonchev–Trinajstić information content (AvgIpc) is 3.34. The Hall–Kier alpha value is -7.59. The van der Waals surface area contributed by atoms with Gasteiger partial charge in [-0.2, -0.15) is 35.2 Å². The van der Waals surface area contributed by atoms with Gasteiger partial charge in [-0.05, 0) is 159 Å². The van der Waals surface area contributed by atoms with Crippen molar-refractivity contribution in [3.8, 4) is 22.3 Å². The number of unbranched alkanes of at least 4 members (excludes halogenated alkanes) is 2. The van der Waals surface area contributed by atoms with Crippen molar-refractivity contribution in [2.45, 2.75) is 61.2 Å². The molecule has 8 rings (SSSR count). The lowest BCUT2D eigenvalue weighted by molar-refractivity contribution is 0.101. The van der Waals surface area contributed by atoms with Crippen LogP contribution in [0.1, 0.15) is 68.9 Å². The first-order valence-electron chi connectivity index (χ1n) is 24.4. The van der Waals surface area contributed by atoms with E-state index in [0.29, 0.717) is 55.4 Å². The maximum Gasteiger partial charge on any atom is 0.394 e. The number of carbonyl (C=O) groups is 2. The fraction of sp³-hybridized carbons (Fsp3) is 0.148. The number of hydrogen-bond donors (Lipinski definition) is 8. The van der Waals surface area contributed by atoms with E-state index in [-0.39, 0.29) is 34.7 Å². The van der Waals surface area contributed by atoms with Gasteiger partial charge in [0.15, 0.2) is 0 Å². The van der Waals surface area contributed by atoms with E-state index in [1.54, 1.807) is 48.5 Å². The number of benzene rings is 6. The van der Waals surface area contributed by atoms with Crippen LogP contribution in [0.25, 0.3) is 22.3 Å². The molecule has 436 valence electrons. The summed E-state index contributed by atoms with van der Waals surface area (Å²) in [5.74, 6) is -0.356. The lowest BCUT2D eigenvalue weighted by Gasteiger charge is -2.13. The molecule has 2 heterocycles. The summed E-state index contributed by atoms with van der Waals surface area (Å²) < 4.78 is 102. The van der Waals surface area contributed by atoms with Gasteiger partial charge in [0, 0.05) is 33.6 Å². The van der Waals surface area contributed by atoms with Gasteiger partial charge in [0.1, 0.15) is 11.6 Å². The second-order valence-corrected chi connectivity index (χ2v) is 23.1. The molecule has 20 nitrogen and oxygen atoms in total. The Morgan fingerprint density at radius 2 is 0.795 bits per heavy atom. The van der Waals surface area contributed by atoms with Gasteiger partial charge < -0.3 is 33.6 Å². The predicted octanol–water partition coefficient (Wildman–Crippen LogP) is 11.5. The van der Waals surface area contributed by atoms with Crippen molar-refractivity contribution >= 4 is 124 Å². The highest BCUT2D eigenvalue weighted by atomic mass is 35.5. The van der Waals surface area contributed by atoms with Crippen LogP contribution in [0.4, 0.5) is 42.7 Å². The van der Waals surface area contributed by atoms with E-state index in [1.807, 2.05) is 36.4 Å². The van der Waals surface area contributed by atoms with Crippen molar-refractivity contribution in [1.29, 1.82) is 0 Å². The van der Waals surface area contributed by atoms with Crippen LogP contribution < -0.4 is 33.6 Å². The molecule has 0 radical (unpaired) electrons. The van der Waals surface area contributed by atoms with E-state index in [9.17, 15) is 34.2 Å². The summed E-state index contributed by atoms with van der Waals surface area (Å²) in [7, 11) is -14.5. The van der Waals surface area contributed by atoms with Gasteiger partial charge in [-0.15, -0.1) is 7.77 Å². The first-order valence-corrected chi connectivity index (χ1v) is 30.0. The Morgan fingerprint density at radius 3 is 1.12 bits per heavy atom. The third-order valence-corrected chi connectivity index (χ3v) is 15.0. The number of amides is 2. The molecule has 0 spiro atoms. The third kappa shape index (κ3) is 19.8. The first-order chi connectivity index (χ1) is 39.0. The number of nitrogens with two attached hydrogens (primary N) is 4. The molecule has 0 aliphatic carbocycles. The SMILES string of the molecule is Nc1nc(N)c(-c2ccc(Cl)c(Cl)c2)c(CCCCc2ccc(NC(=O)c3cccc(S(=O)(=O)F)c3)cc2)n1.Nc1nc(N)c(-c2ccc(Cl)c(Cl)c2)c(CCCCc2ccc(NC(=O)c3cccc(S(=O)(=O)F)c3)cc2)n1.O=S(=O)(O)O. The molecule has 29 heteroatoms. The van der Waals surface area contributed by atoms with Crippen molar-refractivity contribution in [2.75, 3.05) is 33.6 Å². The van der Waals surface area contributed by atoms with E-state index >= 15 is 0 Å². The second kappa shape index (κ2) is 28.6. The molecule has 0 aliphatic heterocycles. The number of halogens is 6. The number of nitrogens with one attached hydrogen (secondary N) is 2. The number of aromatic nitrogens is 4. The Labute approximate surface area is 496 Å². The molecule has 0 atom stereocenters. The van der Waals surface area contributed by atoms with Crippen molar-refractivity contribution in [1.82, 2.24) is 19.9 Å². The second-order valence-electron chi connectivity index (χ2n) is 17.9. The van der Waals surface area contributed by atoms with Gasteiger partial charge in [-0.3, -0.25) is 18.7 Å². The highest BCUT2D eigenvalue weighted by Gasteiger charge is 2.19. The highest BCUT2D eigenvalue weighted by Crippen LogP contribution is 2.36. The van der Waals surface area contributed by atoms with Gasteiger partial charge in [-0.25, -0.2) is 9.97 Å². The molecule has 0 saturated heterocycles. The van der Waals surface area contributed by atoms with Gasteiger partial charge >= 0.3 is 30.8 Å². The van der Waals surface area contributed by atoms with E-state index in [2.05, 4.69) is 30.6 Å². The fourth-order valence-electron chi connectivity index (χ4n) is 8.12. The van der Waals surface area contributed by atoms with Crippen LogP contribution in [0.3, 0.4) is 0 Å². The van der Waals surface area contributed by atoms with Gasteiger partial charge in [0.25, 0.3) is 11.8 Å². The largest absolute Gasteiger partial charge is 0.394 e. The summed E-state index contributed by atoms with van der Waals surface area (Å²) >= 11 is 24.5. The third-order valence-electron chi connectivity index (χ3n) is 11.9. The smallest absolute Gasteiger partial charge is 0.383 e. The van der Waals surface area contributed by atoms with Crippen LogP contribution in [0.15, 0.2) is 143 Å². The molecule has 0 fully saturated rings. The molecule has 0 bridgehead atoms. The minimum absolute atomic E-state index is 0.0315. The Balaban J connectivity index is 0.000000246. The number of rotatable bonds is 18. The lowest BCUT2D eigenvalue weighted by atomic mass is 9.99. The number of anilines is 6. The van der Waals surface area contributed by atoms with Gasteiger partial charge in [0.05, 0.1) is 41.3 Å². The summed E-state index contributed by atoms with van der Waals surface area (Å²) in [6.07, 6.45) is 6.10. The molecular weight excluding hydrogens is 1220 g/mol. The summed E-state index contributed by atoms with van der Waals surface area (Å²) in [5.41, 5.74) is 31.6. The summed E-state index contributed by atoms with van der Waals surface area (Å²) in [6, 6.07) is 34.6. The quantitative estimate of drug-likeness (QED) is 0.0225. The maximum absolute atomic E-state index is 13.2. The van der Waals surface area contributed by atoms with Crippen LogP contribution in [0, 0.1) is 0 Å². The standard InChI is InChI=1S/2C27H24Cl2FN5O3S.H2O4S/c2*28-21-13-10-17(15-22(21)29)24-23(34-27(32)35-25(24)31)7-2-1-4-16-8-11-19(12-9-16)33-26(36)18-5-3-6-20(14-18)39(30,37)38;1-5(2,3)4/h2*3,5-6,8-15H,1-2,4,7H2,(H,33,36)(H4,31,32,34,35);(H2,1,2,3,4). The summed E-state index contributed by atoms with van der Waals surface area (Å²) in [5, 5.41) is 7.03. The Bertz CT molecular complexity index is 3780. The van der Waals surface area contributed by atoms with Crippen molar-refractivity contribution < 1.29 is 51.7 Å². The zero-order valence-electron chi connectivity index (χ0n) is 43.1. The molecule has 0 aliphatic rings. The van der Waals surface area contributed by atoms with Crippen molar-refractivity contribution in [2.24, 2.45) is 0 Å². The first kappa shape index (κ1) is 64.6. The van der Waals surface area contributed by atoms with E-state index in [0.717, 1.165) is 96.4 Å². The number of nitrogen functional groups attached to an aromatic ring is 4. The Morgan fingerprint density at radius 1 is 0.458 bits per heavy atom. The van der Waals surface area contributed by atoms with Crippen LogP contribution in [0.5, 0.6) is 0 Å². The topological polar surface area (TPSA) is 357 Å².